The molecule has 6 heteroatoms. The number of unbranched alkanes of at least 4 members (excludes halogenated alkanes) is 1. The summed E-state index contributed by atoms with van der Waals surface area (Å²) < 4.78 is 0. The van der Waals surface area contributed by atoms with Gasteiger partial charge in [-0.1, -0.05) is 13.8 Å². The van der Waals surface area contributed by atoms with Crippen LogP contribution < -0.4 is 15.3 Å². The van der Waals surface area contributed by atoms with E-state index >= 15 is 0 Å². The molecule has 0 N–H and O–H groups in total. The molecule has 0 aliphatic heterocycles. The Morgan fingerprint density at radius 3 is 1.33 bits per heavy atom. The number of hydrogen-bond acceptors (Lipinski definition) is 5. The zero-order valence-electron chi connectivity index (χ0n) is 9.45. The second-order valence-electron chi connectivity index (χ2n) is 2.03. The number of aliphatic carboxylic acids is 2. The van der Waals surface area contributed by atoms with Gasteiger partial charge in [0.2, 0.25) is 0 Å². The molecule has 0 heterocycles. The maximum Gasteiger partial charge on any atom is 2.00 e. The van der Waals surface area contributed by atoms with Gasteiger partial charge in [-0.25, -0.2) is 0 Å². The number of carbonyl (C=O) groups is 2. The molecular formula is C9H16MgO5-2. The van der Waals surface area contributed by atoms with E-state index < -0.39 is 18.4 Å². The molecule has 0 rings (SSSR count). The van der Waals surface area contributed by atoms with Crippen molar-refractivity contribution in [3.8, 4) is 0 Å². The first-order valence-electron chi connectivity index (χ1n) is 4.21. The zero-order valence-corrected chi connectivity index (χ0v) is 10.9. The average Bonchev–Trinajstić information content (AvgIpc) is 2.04. The van der Waals surface area contributed by atoms with Crippen LogP contribution in [0.5, 0.6) is 0 Å². The minimum absolute atomic E-state index is 0. The summed E-state index contributed by atoms with van der Waals surface area (Å²) in [5.41, 5.74) is 0. The number of carbonyl (C=O) groups excluding carboxylic acids is 2. The fraction of sp³-hybridized carbons (Fsp3) is 0.667. The zero-order chi connectivity index (χ0) is 12.0. The SMILES string of the molecule is CC[O-].C[CH-]CC.O=C([O-])CC(=O)[O-].[Mg+2]. The largest absolute Gasteiger partial charge is 2.00 e. The van der Waals surface area contributed by atoms with E-state index in [0.29, 0.717) is 0 Å². The molecule has 0 aromatic rings. The molecule has 0 aromatic heterocycles. The molecule has 0 spiro atoms. The van der Waals surface area contributed by atoms with Crippen LogP contribution in [0.2, 0.25) is 0 Å². The van der Waals surface area contributed by atoms with Crippen LogP contribution >= 0.6 is 0 Å². The van der Waals surface area contributed by atoms with Gasteiger partial charge in [-0.05, 0) is 0 Å². The van der Waals surface area contributed by atoms with E-state index in [0.717, 1.165) is 0 Å². The van der Waals surface area contributed by atoms with Gasteiger partial charge in [-0.2, -0.15) is 13.3 Å². The normalized spacial score (nSPS) is 6.93. The predicted octanol–water partition coefficient (Wildman–Crippen LogP) is -2.52. The summed E-state index contributed by atoms with van der Waals surface area (Å²) >= 11 is 0. The van der Waals surface area contributed by atoms with Crippen molar-refractivity contribution in [1.29, 1.82) is 0 Å². The minimum atomic E-state index is -1.63. The topological polar surface area (TPSA) is 103 Å². The molecule has 0 radical (unpaired) electrons. The van der Waals surface area contributed by atoms with Gasteiger partial charge in [-0.15, -0.1) is 6.61 Å². The first-order chi connectivity index (χ1) is 6.45. The molecule has 0 amide bonds. The molecule has 0 saturated carbocycles. The molecular weight excluding hydrogens is 212 g/mol. The maximum atomic E-state index is 9.28. The second-order valence-corrected chi connectivity index (χ2v) is 2.03. The van der Waals surface area contributed by atoms with Crippen molar-refractivity contribution in [2.45, 2.75) is 33.6 Å². The standard InChI is InChI=1S/C4H9.C3H4O4.C2H5O.Mg/c1-3-4-2;4-2(5)1-3(6)7;1-2-3;/h3H,4H2,1-2H3;1H2,(H,4,5)(H,6,7);2H2,1H3;/q-1;;-1;+2/p-2. The molecule has 0 fully saturated rings. The third-order valence-corrected chi connectivity index (χ3v) is 0.697. The van der Waals surface area contributed by atoms with E-state index in [1.54, 1.807) is 6.92 Å². The Bertz CT molecular complexity index is 124. The van der Waals surface area contributed by atoms with Gasteiger partial charge >= 0.3 is 23.1 Å². The fourth-order valence-corrected chi connectivity index (χ4v) is 0.118. The molecule has 15 heavy (non-hydrogen) atoms. The summed E-state index contributed by atoms with van der Waals surface area (Å²) in [7, 11) is 0. The minimum Gasteiger partial charge on any atom is -0.855 e. The number of carboxylic acid groups (broad SMARTS) is 2. The van der Waals surface area contributed by atoms with Crippen molar-refractivity contribution < 1.29 is 24.9 Å². The van der Waals surface area contributed by atoms with Crippen molar-refractivity contribution in [2.75, 3.05) is 6.61 Å². The number of rotatable bonds is 3. The molecule has 0 bridgehead atoms. The summed E-state index contributed by atoms with van der Waals surface area (Å²) in [6, 6.07) is 0. The summed E-state index contributed by atoms with van der Waals surface area (Å²) in [4.78, 5) is 18.6. The van der Waals surface area contributed by atoms with Gasteiger partial charge in [0.1, 0.15) is 0 Å². The average molecular weight is 229 g/mol. The van der Waals surface area contributed by atoms with Crippen LogP contribution in [-0.2, 0) is 9.59 Å². The van der Waals surface area contributed by atoms with Gasteiger partial charge in [0.25, 0.3) is 0 Å². The third kappa shape index (κ3) is 85.4. The van der Waals surface area contributed by atoms with Gasteiger partial charge in [-0.3, -0.25) is 0 Å². The molecule has 0 aliphatic carbocycles. The summed E-state index contributed by atoms with van der Waals surface area (Å²) in [5.74, 6) is -3.25. The van der Waals surface area contributed by atoms with E-state index in [1.807, 2.05) is 0 Å². The fourth-order valence-electron chi connectivity index (χ4n) is 0.118. The van der Waals surface area contributed by atoms with Crippen LogP contribution in [0.1, 0.15) is 33.6 Å². The first kappa shape index (κ1) is 24.1. The van der Waals surface area contributed by atoms with Crippen molar-refractivity contribution in [3.63, 3.8) is 0 Å². The Balaban J connectivity index is -0.0000000654. The van der Waals surface area contributed by atoms with Crippen molar-refractivity contribution in [2.24, 2.45) is 0 Å². The van der Waals surface area contributed by atoms with Crippen LogP contribution in [0.3, 0.4) is 0 Å². The van der Waals surface area contributed by atoms with Crippen LogP contribution in [0, 0.1) is 6.42 Å². The Labute approximate surface area is 107 Å². The van der Waals surface area contributed by atoms with Crippen LogP contribution in [-0.4, -0.2) is 41.6 Å². The molecule has 0 aliphatic rings. The molecule has 0 atom stereocenters. The van der Waals surface area contributed by atoms with E-state index in [1.165, 1.54) is 6.42 Å². The van der Waals surface area contributed by atoms with Crippen molar-refractivity contribution in [3.05, 3.63) is 6.42 Å². The molecule has 0 aromatic carbocycles. The van der Waals surface area contributed by atoms with Crippen LogP contribution in [0.15, 0.2) is 0 Å². The number of hydrogen-bond donors (Lipinski definition) is 0. The van der Waals surface area contributed by atoms with Gasteiger partial charge in [0.15, 0.2) is 0 Å². The Kier molecular flexibility index (Phi) is 37.7. The molecule has 5 nitrogen and oxygen atoms in total. The number of carboxylic acids is 2. The van der Waals surface area contributed by atoms with Crippen molar-refractivity contribution in [1.82, 2.24) is 0 Å². The summed E-state index contributed by atoms with van der Waals surface area (Å²) in [5, 5.41) is 27.5. The summed E-state index contributed by atoms with van der Waals surface area (Å²) in [6.45, 7) is 5.75. The van der Waals surface area contributed by atoms with Crippen LogP contribution in [0.4, 0.5) is 0 Å². The van der Waals surface area contributed by atoms with E-state index in [4.69, 9.17) is 5.11 Å². The Morgan fingerprint density at radius 1 is 1.13 bits per heavy atom. The molecule has 0 unspecified atom stereocenters. The molecule has 0 saturated heterocycles. The van der Waals surface area contributed by atoms with Crippen molar-refractivity contribution >= 4 is 35.0 Å². The summed E-state index contributed by atoms with van der Waals surface area (Å²) in [6.07, 6.45) is 2.29. The first-order valence-corrected chi connectivity index (χ1v) is 4.21. The predicted molar refractivity (Wildman–Crippen MR) is 51.2 cm³/mol. The van der Waals surface area contributed by atoms with Gasteiger partial charge in [0.05, 0.1) is 0 Å². The Hall–Kier alpha value is -0.334. The molecule has 86 valence electrons. The van der Waals surface area contributed by atoms with Crippen LogP contribution in [0.25, 0.3) is 0 Å². The van der Waals surface area contributed by atoms with Gasteiger partial charge in [0, 0.05) is 18.4 Å². The maximum absolute atomic E-state index is 9.28. The van der Waals surface area contributed by atoms with E-state index in [-0.39, 0.29) is 29.7 Å². The second kappa shape index (κ2) is 23.5. The monoisotopic (exact) mass is 228 g/mol. The quantitative estimate of drug-likeness (QED) is 0.301. The third-order valence-electron chi connectivity index (χ3n) is 0.697. The van der Waals surface area contributed by atoms with E-state index in [9.17, 15) is 19.8 Å². The van der Waals surface area contributed by atoms with E-state index in [2.05, 4.69) is 20.3 Å². The van der Waals surface area contributed by atoms with Gasteiger partial charge < -0.3 is 31.3 Å². The smallest absolute Gasteiger partial charge is 0.855 e. The Morgan fingerprint density at radius 2 is 1.33 bits per heavy atom.